The van der Waals surface area contributed by atoms with Crippen molar-refractivity contribution in [1.82, 2.24) is 20.2 Å². The van der Waals surface area contributed by atoms with E-state index in [4.69, 9.17) is 4.84 Å². The molecule has 1 aliphatic carbocycles. The first kappa shape index (κ1) is 25.2. The number of hydroxylamine groups is 1. The lowest BCUT2D eigenvalue weighted by Gasteiger charge is -2.33. The maximum atomic E-state index is 13.9. The van der Waals surface area contributed by atoms with Crippen LogP contribution in [0.3, 0.4) is 0 Å². The molecule has 4 rings (SSSR count). The third-order valence-corrected chi connectivity index (χ3v) is 6.40. The SMILES string of the molecule is CNC1(CCN(C)C)C=CC(Nc2ncc(C(F)(F)F)c(N3OCCC3c3ccccc3)n2)=CC1. The summed E-state index contributed by atoms with van der Waals surface area (Å²) in [7, 11) is 5.99. The van der Waals surface area contributed by atoms with Crippen LogP contribution in [0.25, 0.3) is 0 Å². The Bertz CT molecular complexity index is 1070. The normalized spacial score (nSPS) is 22.5. The number of rotatable bonds is 8. The van der Waals surface area contributed by atoms with Gasteiger partial charge in [-0.15, -0.1) is 0 Å². The van der Waals surface area contributed by atoms with Crippen molar-refractivity contribution in [2.75, 3.05) is 44.7 Å². The van der Waals surface area contributed by atoms with Gasteiger partial charge in [-0.3, -0.25) is 4.84 Å². The van der Waals surface area contributed by atoms with Crippen molar-refractivity contribution in [2.45, 2.75) is 37.0 Å². The van der Waals surface area contributed by atoms with Crippen molar-refractivity contribution < 1.29 is 18.0 Å². The Hall–Kier alpha value is -2.95. The fourth-order valence-corrected chi connectivity index (χ4v) is 4.28. The molecule has 2 atom stereocenters. The highest BCUT2D eigenvalue weighted by molar-refractivity contribution is 5.54. The number of hydrogen-bond acceptors (Lipinski definition) is 7. The van der Waals surface area contributed by atoms with Crippen LogP contribution in [0.4, 0.5) is 24.9 Å². The van der Waals surface area contributed by atoms with Crippen LogP contribution < -0.4 is 15.7 Å². The summed E-state index contributed by atoms with van der Waals surface area (Å²) in [5.41, 5.74) is 0.490. The largest absolute Gasteiger partial charge is 0.421 e. The molecule has 35 heavy (non-hydrogen) atoms. The molecule has 0 spiro atoms. The maximum Gasteiger partial charge on any atom is 0.421 e. The molecule has 1 fully saturated rings. The molecule has 2 heterocycles. The number of likely N-dealkylation sites (N-methyl/N-ethyl adjacent to an activating group) is 1. The summed E-state index contributed by atoms with van der Waals surface area (Å²) in [6.07, 6.45) is 4.40. The second-order valence-corrected chi connectivity index (χ2v) is 9.08. The minimum atomic E-state index is -4.62. The van der Waals surface area contributed by atoms with Crippen molar-refractivity contribution in [3.63, 3.8) is 0 Å². The van der Waals surface area contributed by atoms with E-state index >= 15 is 0 Å². The van der Waals surface area contributed by atoms with Gasteiger partial charge in [0.15, 0.2) is 5.82 Å². The van der Waals surface area contributed by atoms with E-state index in [-0.39, 0.29) is 23.3 Å². The van der Waals surface area contributed by atoms with Crippen molar-refractivity contribution in [1.29, 1.82) is 0 Å². The quantitative estimate of drug-likeness (QED) is 0.566. The van der Waals surface area contributed by atoms with Gasteiger partial charge < -0.3 is 15.5 Å². The van der Waals surface area contributed by atoms with Crippen molar-refractivity contribution in [3.8, 4) is 0 Å². The molecule has 1 saturated heterocycles. The number of anilines is 2. The average molecular weight is 489 g/mol. The molecule has 2 aromatic rings. The topological polar surface area (TPSA) is 65.5 Å². The number of nitrogens with zero attached hydrogens (tertiary/aromatic N) is 4. The van der Waals surface area contributed by atoms with E-state index < -0.39 is 11.7 Å². The summed E-state index contributed by atoms with van der Waals surface area (Å²) in [5, 5.41) is 7.72. The van der Waals surface area contributed by atoms with Crippen molar-refractivity contribution >= 4 is 11.8 Å². The number of aromatic nitrogens is 2. The number of alkyl halides is 3. The van der Waals surface area contributed by atoms with Gasteiger partial charge in [0.25, 0.3) is 0 Å². The van der Waals surface area contributed by atoms with Crippen LogP contribution in [0.5, 0.6) is 0 Å². The standard InChI is InChI=1S/C25H31F3N6O/c1-29-24(14-15-33(2)3)12-9-19(10-13-24)31-23-30-17-20(25(26,27)28)22(32-23)34-21(11-16-35-34)18-7-5-4-6-8-18/h4-10,12,17,21,29H,11,13-16H2,1-3H3,(H,30,31,32). The Morgan fingerprint density at radius 1 is 1.23 bits per heavy atom. The first-order valence-corrected chi connectivity index (χ1v) is 11.6. The minimum absolute atomic E-state index is 0.0801. The Labute approximate surface area is 203 Å². The molecule has 0 bridgehead atoms. The van der Waals surface area contributed by atoms with Crippen molar-refractivity contribution in [2.24, 2.45) is 0 Å². The fraction of sp³-hybridized carbons (Fsp3) is 0.440. The van der Waals surface area contributed by atoms with Gasteiger partial charge in [-0.2, -0.15) is 18.2 Å². The van der Waals surface area contributed by atoms with Gasteiger partial charge in [-0.1, -0.05) is 42.5 Å². The first-order chi connectivity index (χ1) is 16.7. The predicted molar refractivity (Wildman–Crippen MR) is 130 cm³/mol. The molecule has 1 aromatic carbocycles. The van der Waals surface area contributed by atoms with Crippen LogP contribution in [0.15, 0.2) is 60.5 Å². The Balaban J connectivity index is 1.58. The molecular weight excluding hydrogens is 457 g/mol. The third kappa shape index (κ3) is 5.83. The summed E-state index contributed by atoms with van der Waals surface area (Å²) in [5.74, 6) is -0.214. The Morgan fingerprint density at radius 3 is 2.63 bits per heavy atom. The average Bonchev–Trinajstić information content (AvgIpc) is 3.34. The lowest BCUT2D eigenvalue weighted by Crippen LogP contribution is -2.44. The van der Waals surface area contributed by atoms with Gasteiger partial charge in [-0.05, 0) is 52.2 Å². The lowest BCUT2D eigenvalue weighted by atomic mass is 9.87. The second-order valence-electron chi connectivity index (χ2n) is 9.08. The van der Waals surface area contributed by atoms with Gasteiger partial charge in [0.2, 0.25) is 5.95 Å². The molecular formula is C25H31F3N6O. The van der Waals surface area contributed by atoms with E-state index in [1.54, 1.807) is 0 Å². The Morgan fingerprint density at radius 2 is 2.00 bits per heavy atom. The highest BCUT2D eigenvalue weighted by Crippen LogP contribution is 2.41. The molecule has 2 aliphatic rings. The van der Waals surface area contributed by atoms with Gasteiger partial charge in [0, 0.05) is 23.9 Å². The van der Waals surface area contributed by atoms with Gasteiger partial charge in [0.1, 0.15) is 5.56 Å². The Kier molecular flexibility index (Phi) is 7.44. The number of halogens is 3. The molecule has 1 aromatic heterocycles. The number of allylic oxidation sites excluding steroid dienone is 1. The molecule has 0 radical (unpaired) electrons. The van der Waals surface area contributed by atoms with E-state index in [1.807, 2.05) is 63.6 Å². The van der Waals surface area contributed by atoms with Crippen molar-refractivity contribution in [3.05, 3.63) is 71.6 Å². The molecule has 0 saturated carbocycles. The molecule has 10 heteroatoms. The number of hydrogen-bond donors (Lipinski definition) is 2. The third-order valence-electron chi connectivity index (χ3n) is 6.40. The van der Waals surface area contributed by atoms with E-state index in [1.165, 1.54) is 5.06 Å². The van der Waals surface area contributed by atoms with E-state index in [0.717, 1.165) is 36.8 Å². The molecule has 188 valence electrons. The first-order valence-electron chi connectivity index (χ1n) is 11.6. The summed E-state index contributed by atoms with van der Waals surface area (Å²) in [4.78, 5) is 16.0. The van der Waals surface area contributed by atoms with Crippen LogP contribution in [0.1, 0.15) is 36.4 Å². The number of benzene rings is 1. The highest BCUT2D eigenvalue weighted by atomic mass is 19.4. The van der Waals surface area contributed by atoms with Crippen LogP contribution in [-0.4, -0.2) is 54.7 Å². The molecule has 1 aliphatic heterocycles. The van der Waals surface area contributed by atoms with Gasteiger partial charge >= 0.3 is 6.18 Å². The van der Waals surface area contributed by atoms with E-state index in [0.29, 0.717) is 13.0 Å². The summed E-state index contributed by atoms with van der Waals surface area (Å²) in [6.45, 7) is 1.22. The summed E-state index contributed by atoms with van der Waals surface area (Å²) >= 11 is 0. The zero-order valence-electron chi connectivity index (χ0n) is 20.1. The minimum Gasteiger partial charge on any atom is -0.324 e. The maximum absolute atomic E-state index is 13.9. The van der Waals surface area contributed by atoms with Crippen LogP contribution in [0.2, 0.25) is 0 Å². The summed E-state index contributed by atoms with van der Waals surface area (Å²) in [6, 6.07) is 8.96. The molecule has 0 amide bonds. The van der Waals surface area contributed by atoms with Crippen LogP contribution >= 0.6 is 0 Å². The van der Waals surface area contributed by atoms with Gasteiger partial charge in [-0.25, -0.2) is 10.0 Å². The zero-order chi connectivity index (χ0) is 25.1. The smallest absolute Gasteiger partial charge is 0.324 e. The van der Waals surface area contributed by atoms with Crippen LogP contribution in [-0.2, 0) is 11.0 Å². The lowest BCUT2D eigenvalue weighted by molar-refractivity contribution is -0.138. The fourth-order valence-electron chi connectivity index (χ4n) is 4.28. The van der Waals surface area contributed by atoms with E-state index in [9.17, 15) is 13.2 Å². The second kappa shape index (κ2) is 10.3. The van der Waals surface area contributed by atoms with E-state index in [2.05, 4.69) is 31.6 Å². The van der Waals surface area contributed by atoms with Crippen LogP contribution in [0, 0.1) is 0 Å². The summed E-state index contributed by atoms with van der Waals surface area (Å²) < 4.78 is 41.6. The molecule has 7 nitrogen and oxygen atoms in total. The molecule has 2 N–H and O–H groups in total. The highest BCUT2D eigenvalue weighted by Gasteiger charge is 2.40. The zero-order valence-corrected chi connectivity index (χ0v) is 20.1. The predicted octanol–water partition coefficient (Wildman–Crippen LogP) is 4.54. The van der Waals surface area contributed by atoms with Gasteiger partial charge in [0.05, 0.1) is 12.6 Å². The monoisotopic (exact) mass is 488 g/mol. The number of nitrogens with one attached hydrogen (secondary N) is 2. The molecule has 2 unspecified atom stereocenters.